The maximum atomic E-state index is 12.8. The average molecular weight is 355 g/mol. The number of nitrogens with zero attached hydrogens (tertiary/aromatic N) is 1. The second-order valence-electron chi connectivity index (χ2n) is 5.06. The minimum Gasteiger partial charge on any atom is -0.314 e. The van der Waals surface area contributed by atoms with Crippen molar-refractivity contribution in [3.63, 3.8) is 0 Å². The molecule has 1 aromatic rings. The zero-order chi connectivity index (χ0) is 15.5. The van der Waals surface area contributed by atoms with Gasteiger partial charge < -0.3 is 5.32 Å². The first-order valence-electron chi connectivity index (χ1n) is 6.86. The lowest BCUT2D eigenvalue weighted by atomic mass is 9.99. The second kappa shape index (κ2) is 8.20. The Morgan fingerprint density at radius 1 is 1.32 bits per heavy atom. The largest absolute Gasteiger partial charge is 0.417 e. The Hall–Kier alpha value is -0.750. The first-order chi connectivity index (χ1) is 9.93. The Morgan fingerprint density at radius 2 is 1.95 bits per heavy atom. The van der Waals surface area contributed by atoms with Gasteiger partial charge in [0.25, 0.3) is 0 Å². The summed E-state index contributed by atoms with van der Waals surface area (Å²) in [5, 5.41) is 3.02. The van der Waals surface area contributed by atoms with Crippen molar-refractivity contribution in [3.05, 3.63) is 47.0 Å². The quantitative estimate of drug-likeness (QED) is 0.810. The van der Waals surface area contributed by atoms with Crippen molar-refractivity contribution >= 4 is 24.0 Å². The normalized spacial score (nSPS) is 17.6. The lowest BCUT2D eigenvalue weighted by Crippen LogP contribution is -2.45. The molecule has 0 bridgehead atoms. The number of halogens is 5. The Balaban J connectivity index is 0.00000242. The van der Waals surface area contributed by atoms with E-state index in [-0.39, 0.29) is 23.5 Å². The average Bonchev–Trinajstić information content (AvgIpc) is 2.44. The van der Waals surface area contributed by atoms with Crippen molar-refractivity contribution in [2.45, 2.75) is 18.6 Å². The Labute approximate surface area is 139 Å². The van der Waals surface area contributed by atoms with Crippen LogP contribution in [0.3, 0.4) is 0 Å². The Kier molecular flexibility index (Phi) is 7.19. The second-order valence-corrected chi connectivity index (χ2v) is 5.47. The smallest absolute Gasteiger partial charge is 0.314 e. The molecule has 1 fully saturated rings. The Morgan fingerprint density at radius 3 is 2.45 bits per heavy atom. The first-order valence-corrected chi connectivity index (χ1v) is 7.23. The van der Waals surface area contributed by atoms with Gasteiger partial charge >= 0.3 is 6.18 Å². The standard InChI is InChI=1S/C15H18ClF3N2.ClH/c1-2-3-14(21-8-6-20-7-9-21)11-4-5-12(13(16)10-11)15(17,18)19;/h2,4-5,10,14,20H,1,3,6-9H2;1H/t14-;/m0./s1. The molecule has 124 valence electrons. The van der Waals surface area contributed by atoms with Crippen LogP contribution in [0.15, 0.2) is 30.9 Å². The minimum atomic E-state index is -4.42. The van der Waals surface area contributed by atoms with Gasteiger partial charge in [-0.2, -0.15) is 13.2 Å². The van der Waals surface area contributed by atoms with Gasteiger partial charge in [-0.25, -0.2) is 0 Å². The van der Waals surface area contributed by atoms with Crippen LogP contribution in [0.4, 0.5) is 13.2 Å². The van der Waals surface area contributed by atoms with Crippen LogP contribution in [-0.4, -0.2) is 31.1 Å². The van der Waals surface area contributed by atoms with Crippen LogP contribution in [0, 0.1) is 0 Å². The maximum Gasteiger partial charge on any atom is 0.417 e. The van der Waals surface area contributed by atoms with Gasteiger partial charge in [0.1, 0.15) is 0 Å². The van der Waals surface area contributed by atoms with Crippen molar-refractivity contribution in [3.8, 4) is 0 Å². The van der Waals surface area contributed by atoms with E-state index in [1.54, 1.807) is 6.08 Å². The lowest BCUT2D eigenvalue weighted by Gasteiger charge is -2.35. The zero-order valence-corrected chi connectivity index (χ0v) is 13.6. The molecule has 1 N–H and O–H groups in total. The van der Waals surface area contributed by atoms with Gasteiger partial charge in [-0.15, -0.1) is 19.0 Å². The molecular weight excluding hydrogens is 336 g/mol. The molecule has 2 rings (SSSR count). The summed E-state index contributed by atoms with van der Waals surface area (Å²) in [6.45, 7) is 7.22. The fourth-order valence-electron chi connectivity index (χ4n) is 2.62. The van der Waals surface area contributed by atoms with E-state index >= 15 is 0 Å². The van der Waals surface area contributed by atoms with Crippen molar-refractivity contribution in [1.29, 1.82) is 0 Å². The molecule has 0 aliphatic carbocycles. The highest BCUT2D eigenvalue weighted by Crippen LogP contribution is 2.37. The fraction of sp³-hybridized carbons (Fsp3) is 0.467. The molecule has 1 atom stereocenters. The third kappa shape index (κ3) is 4.62. The highest BCUT2D eigenvalue weighted by Gasteiger charge is 2.33. The van der Waals surface area contributed by atoms with Crippen molar-refractivity contribution in [2.75, 3.05) is 26.2 Å². The summed E-state index contributed by atoms with van der Waals surface area (Å²) in [7, 11) is 0. The molecule has 0 aromatic heterocycles. The van der Waals surface area contributed by atoms with Gasteiger partial charge in [-0.1, -0.05) is 23.7 Å². The minimum absolute atomic E-state index is 0. The molecule has 2 nitrogen and oxygen atoms in total. The third-order valence-electron chi connectivity index (χ3n) is 3.67. The molecule has 1 aliphatic heterocycles. The molecule has 0 spiro atoms. The van der Waals surface area contributed by atoms with Gasteiger partial charge in [0.2, 0.25) is 0 Å². The number of benzene rings is 1. The molecule has 1 aromatic carbocycles. The monoisotopic (exact) mass is 354 g/mol. The van der Waals surface area contributed by atoms with Gasteiger partial charge in [0.05, 0.1) is 10.6 Å². The summed E-state index contributed by atoms with van der Waals surface area (Å²) < 4.78 is 38.3. The topological polar surface area (TPSA) is 15.3 Å². The number of hydrogen-bond donors (Lipinski definition) is 1. The Bertz CT molecular complexity index is 500. The van der Waals surface area contributed by atoms with E-state index < -0.39 is 11.7 Å². The summed E-state index contributed by atoms with van der Waals surface area (Å²) >= 11 is 5.82. The predicted octanol–water partition coefficient (Wildman–Crippen LogP) is 4.30. The highest BCUT2D eigenvalue weighted by molar-refractivity contribution is 6.31. The number of piperazine rings is 1. The van der Waals surface area contributed by atoms with Gasteiger partial charge in [0, 0.05) is 32.2 Å². The SMILES string of the molecule is C=CC[C@@H](c1ccc(C(F)(F)F)c(Cl)c1)N1CCNCC1.Cl. The molecule has 0 saturated carbocycles. The van der Waals surface area contributed by atoms with Crippen molar-refractivity contribution < 1.29 is 13.2 Å². The third-order valence-corrected chi connectivity index (χ3v) is 3.98. The van der Waals surface area contributed by atoms with Gasteiger partial charge in [-0.05, 0) is 24.1 Å². The zero-order valence-electron chi connectivity index (χ0n) is 12.0. The molecular formula is C15H19Cl2F3N2. The van der Waals surface area contributed by atoms with Crippen molar-refractivity contribution in [1.82, 2.24) is 10.2 Å². The maximum absolute atomic E-state index is 12.8. The molecule has 1 saturated heterocycles. The van der Waals surface area contributed by atoms with Crippen LogP contribution in [0.1, 0.15) is 23.6 Å². The van der Waals surface area contributed by atoms with Crippen LogP contribution in [0.25, 0.3) is 0 Å². The molecule has 1 aliphatic rings. The first kappa shape index (κ1) is 19.3. The van der Waals surface area contributed by atoms with Crippen LogP contribution in [0.2, 0.25) is 5.02 Å². The van der Waals surface area contributed by atoms with Crippen LogP contribution >= 0.6 is 24.0 Å². The molecule has 1 heterocycles. The van der Waals surface area contributed by atoms with E-state index in [1.807, 2.05) is 0 Å². The van der Waals surface area contributed by atoms with Gasteiger partial charge in [0.15, 0.2) is 0 Å². The molecule has 0 unspecified atom stereocenters. The van der Waals surface area contributed by atoms with E-state index in [4.69, 9.17) is 11.6 Å². The van der Waals surface area contributed by atoms with E-state index in [1.165, 1.54) is 12.1 Å². The molecule has 0 radical (unpaired) electrons. The molecule has 7 heteroatoms. The summed E-state index contributed by atoms with van der Waals surface area (Å²) in [5.74, 6) is 0. The van der Waals surface area contributed by atoms with Crippen LogP contribution in [0.5, 0.6) is 0 Å². The number of nitrogens with one attached hydrogen (secondary N) is 1. The number of hydrogen-bond acceptors (Lipinski definition) is 2. The van der Waals surface area contributed by atoms with Gasteiger partial charge in [-0.3, -0.25) is 4.90 Å². The van der Waals surface area contributed by atoms with Crippen LogP contribution < -0.4 is 5.32 Å². The van der Waals surface area contributed by atoms with Crippen molar-refractivity contribution in [2.24, 2.45) is 0 Å². The van der Waals surface area contributed by atoms with E-state index in [0.717, 1.165) is 37.8 Å². The predicted molar refractivity (Wildman–Crippen MR) is 85.7 cm³/mol. The van der Waals surface area contributed by atoms with E-state index in [2.05, 4.69) is 16.8 Å². The van der Waals surface area contributed by atoms with E-state index in [0.29, 0.717) is 6.42 Å². The van der Waals surface area contributed by atoms with E-state index in [9.17, 15) is 13.2 Å². The number of rotatable bonds is 4. The van der Waals surface area contributed by atoms with Crippen LogP contribution in [-0.2, 0) is 6.18 Å². The summed E-state index contributed by atoms with van der Waals surface area (Å²) in [5.41, 5.74) is 0.0142. The summed E-state index contributed by atoms with van der Waals surface area (Å²) in [6.07, 6.45) is -1.95. The lowest BCUT2D eigenvalue weighted by molar-refractivity contribution is -0.137. The molecule has 0 amide bonds. The number of alkyl halides is 3. The summed E-state index contributed by atoms with van der Waals surface area (Å²) in [6, 6.07) is 4.03. The fourth-order valence-corrected chi connectivity index (χ4v) is 2.91. The summed E-state index contributed by atoms with van der Waals surface area (Å²) in [4.78, 5) is 2.25. The molecule has 22 heavy (non-hydrogen) atoms. The highest BCUT2D eigenvalue weighted by atomic mass is 35.5.